The fourth-order valence-corrected chi connectivity index (χ4v) is 4.44. The van der Waals surface area contributed by atoms with Crippen molar-refractivity contribution in [2.75, 3.05) is 23.9 Å². The smallest absolute Gasteiger partial charge is 0.328 e. The number of para-hydroxylation sites is 1. The summed E-state index contributed by atoms with van der Waals surface area (Å²) in [6.07, 6.45) is 1.19. The first-order valence-corrected chi connectivity index (χ1v) is 11.0. The minimum absolute atomic E-state index is 0.176. The van der Waals surface area contributed by atoms with Crippen molar-refractivity contribution in [3.05, 3.63) is 56.9 Å². The summed E-state index contributed by atoms with van der Waals surface area (Å²) in [7, 11) is 0. The van der Waals surface area contributed by atoms with Crippen LogP contribution in [0.4, 0.5) is 5.13 Å². The number of carboxylic acid groups (broad SMARTS) is 1. The average Bonchev–Trinajstić information content (AvgIpc) is 3.14. The van der Waals surface area contributed by atoms with Crippen molar-refractivity contribution in [1.29, 1.82) is 0 Å². The molecule has 3 rings (SSSR count). The van der Waals surface area contributed by atoms with E-state index < -0.39 is 47.5 Å². The van der Waals surface area contributed by atoms with Crippen molar-refractivity contribution < 1.29 is 23.5 Å². The Morgan fingerprint density at radius 2 is 2.00 bits per heavy atom. The Bertz CT molecular complexity index is 1270. The number of carboxylic acids is 1. The van der Waals surface area contributed by atoms with Crippen molar-refractivity contribution in [3.63, 3.8) is 0 Å². The number of carbonyl (C=O) groups excluding carboxylic acids is 1. The van der Waals surface area contributed by atoms with Gasteiger partial charge >= 0.3 is 11.7 Å². The molecule has 2 aromatic heterocycles. The number of aliphatic carboxylic acids is 1. The Morgan fingerprint density at radius 3 is 2.66 bits per heavy atom. The van der Waals surface area contributed by atoms with E-state index in [-0.39, 0.29) is 23.8 Å². The summed E-state index contributed by atoms with van der Waals surface area (Å²) in [6.45, 7) is -0.269. The number of aromatic amines is 1. The molecule has 1 aromatic carbocycles. The highest BCUT2D eigenvalue weighted by Gasteiger charge is 2.21. The van der Waals surface area contributed by atoms with Crippen molar-refractivity contribution in [3.8, 4) is 0 Å². The molecule has 170 valence electrons. The number of hydrogen-bond donors (Lipinski definition) is 2. The van der Waals surface area contributed by atoms with Gasteiger partial charge in [0.15, 0.2) is 5.13 Å². The number of nitrogens with zero attached hydrogens (tertiary/aromatic N) is 4. The first-order valence-electron chi connectivity index (χ1n) is 9.18. The molecule has 1 amide bonds. The maximum Gasteiger partial charge on any atom is 0.328 e. The largest absolute Gasteiger partial charge is 0.755 e. The molecule has 1 unspecified atom stereocenters. The van der Waals surface area contributed by atoms with Crippen molar-refractivity contribution in [2.24, 2.45) is 0 Å². The number of H-pyrrole nitrogens is 1. The number of thiazole rings is 1. The van der Waals surface area contributed by atoms with E-state index >= 15 is 0 Å². The van der Waals surface area contributed by atoms with E-state index in [1.54, 1.807) is 24.3 Å². The number of carbonyl (C=O) groups is 2. The number of amides is 1. The second-order valence-electron chi connectivity index (χ2n) is 6.69. The van der Waals surface area contributed by atoms with Crippen molar-refractivity contribution in [1.82, 2.24) is 19.4 Å². The van der Waals surface area contributed by atoms with Crippen LogP contribution in [0.2, 0.25) is 0 Å². The summed E-state index contributed by atoms with van der Waals surface area (Å²) in [5.41, 5.74) is -0.605. The maximum atomic E-state index is 12.7. The summed E-state index contributed by atoms with van der Waals surface area (Å²) < 4.78 is 26.2. The van der Waals surface area contributed by atoms with E-state index in [0.717, 1.165) is 29.8 Å². The van der Waals surface area contributed by atoms with E-state index in [1.807, 2.05) is 0 Å². The number of hydrogen-bond acceptors (Lipinski definition) is 8. The Balaban J connectivity index is 1.79. The Morgan fingerprint density at radius 1 is 1.28 bits per heavy atom. The van der Waals surface area contributed by atoms with Gasteiger partial charge in [0.1, 0.15) is 13.1 Å². The number of anilines is 1. The van der Waals surface area contributed by atoms with Crippen LogP contribution in [-0.2, 0) is 27.4 Å². The third kappa shape index (κ3) is 5.46. The molecule has 3 aromatic rings. The lowest BCUT2D eigenvalue weighted by molar-refractivity contribution is -0.144. The number of benzene rings is 1. The molecule has 0 aliphatic carbocycles. The highest BCUT2D eigenvalue weighted by Crippen LogP contribution is 2.29. The van der Waals surface area contributed by atoms with Crippen LogP contribution >= 0.6 is 11.3 Å². The predicted octanol–water partition coefficient (Wildman–Crippen LogP) is -0.331. The third-order valence-corrected chi connectivity index (χ3v) is 6.31. The summed E-state index contributed by atoms with van der Waals surface area (Å²) >= 11 is -1.58. The molecule has 12 nitrogen and oxygen atoms in total. The van der Waals surface area contributed by atoms with Crippen LogP contribution in [0.25, 0.3) is 10.2 Å². The molecule has 0 aliphatic heterocycles. The number of rotatable bonds is 9. The van der Waals surface area contributed by atoms with Gasteiger partial charge in [-0.3, -0.25) is 32.4 Å². The highest BCUT2D eigenvalue weighted by molar-refractivity contribution is 7.81. The van der Waals surface area contributed by atoms with E-state index in [1.165, 1.54) is 13.1 Å². The van der Waals surface area contributed by atoms with Gasteiger partial charge in [0.25, 0.3) is 5.56 Å². The molecule has 0 aliphatic rings. The Hall–Kier alpha value is -3.36. The van der Waals surface area contributed by atoms with Gasteiger partial charge in [-0.2, -0.15) is 0 Å². The van der Waals surface area contributed by atoms with Crippen LogP contribution in [0, 0.1) is 6.92 Å². The fraction of sp³-hybridized carbons (Fsp3) is 0.278. The van der Waals surface area contributed by atoms with E-state index in [2.05, 4.69) is 9.97 Å². The van der Waals surface area contributed by atoms with Crippen LogP contribution in [-0.4, -0.2) is 64.8 Å². The van der Waals surface area contributed by atoms with Crippen LogP contribution in [0.1, 0.15) is 5.56 Å². The number of fused-ring (bicyclic) bond motifs is 1. The zero-order chi connectivity index (χ0) is 23.4. The molecule has 0 bridgehead atoms. The van der Waals surface area contributed by atoms with Gasteiger partial charge < -0.3 is 14.6 Å². The first kappa shape index (κ1) is 23.3. The SMILES string of the molecule is Cc1cn(CC(=O)N(CCN(c2nc3ccccc3s2)S(=O)[O-])CC(=O)O)c(=O)[nH]c1=O. The molecule has 2 heterocycles. The number of aryl methyl sites for hydroxylation is 1. The van der Waals surface area contributed by atoms with Crippen LogP contribution in [0.3, 0.4) is 0 Å². The summed E-state index contributed by atoms with van der Waals surface area (Å²) in [5, 5.41) is 9.34. The van der Waals surface area contributed by atoms with Gasteiger partial charge in [0.05, 0.1) is 16.8 Å². The molecule has 0 saturated carbocycles. The minimum Gasteiger partial charge on any atom is -0.755 e. The summed E-state index contributed by atoms with van der Waals surface area (Å²) in [6, 6.07) is 7.06. The molecule has 0 fully saturated rings. The van der Waals surface area contributed by atoms with Crippen LogP contribution in [0.15, 0.2) is 40.1 Å². The Labute approximate surface area is 187 Å². The lowest BCUT2D eigenvalue weighted by atomic mass is 10.3. The monoisotopic (exact) mass is 480 g/mol. The molecule has 0 radical (unpaired) electrons. The molecule has 14 heteroatoms. The molecule has 2 N–H and O–H groups in total. The predicted molar refractivity (Wildman–Crippen MR) is 116 cm³/mol. The van der Waals surface area contributed by atoms with Gasteiger partial charge in [-0.1, -0.05) is 23.5 Å². The fourth-order valence-electron chi connectivity index (χ4n) is 2.85. The summed E-state index contributed by atoms with van der Waals surface area (Å²) in [5.74, 6) is -2.04. The second-order valence-corrected chi connectivity index (χ2v) is 8.58. The third-order valence-electron chi connectivity index (χ3n) is 4.42. The lowest BCUT2D eigenvalue weighted by Gasteiger charge is -2.27. The van der Waals surface area contributed by atoms with Gasteiger partial charge in [-0.05, 0) is 19.1 Å². The highest BCUT2D eigenvalue weighted by atomic mass is 32.2. The Kier molecular flexibility index (Phi) is 7.17. The average molecular weight is 481 g/mol. The first-order chi connectivity index (χ1) is 15.2. The minimum atomic E-state index is -2.72. The van der Waals surface area contributed by atoms with Gasteiger partial charge in [-0.25, -0.2) is 9.78 Å². The second kappa shape index (κ2) is 9.84. The molecule has 32 heavy (non-hydrogen) atoms. The van der Waals surface area contributed by atoms with E-state index in [4.69, 9.17) is 5.11 Å². The van der Waals surface area contributed by atoms with Crippen LogP contribution in [0.5, 0.6) is 0 Å². The van der Waals surface area contributed by atoms with Crippen LogP contribution < -0.4 is 15.6 Å². The molecular formula is C18H18N5O7S2-. The van der Waals surface area contributed by atoms with Gasteiger partial charge in [0, 0.05) is 29.6 Å². The zero-order valence-corrected chi connectivity index (χ0v) is 18.4. The molecule has 1 atom stereocenters. The lowest BCUT2D eigenvalue weighted by Crippen LogP contribution is -2.44. The quantitative estimate of drug-likeness (QED) is 0.392. The van der Waals surface area contributed by atoms with E-state index in [0.29, 0.717) is 5.52 Å². The number of nitrogens with one attached hydrogen (secondary N) is 1. The number of aromatic nitrogens is 3. The molecule has 0 spiro atoms. The molecule has 0 saturated heterocycles. The topological polar surface area (TPSA) is 169 Å². The van der Waals surface area contributed by atoms with Gasteiger partial charge in [0.2, 0.25) is 5.91 Å². The molecular weight excluding hydrogens is 462 g/mol. The zero-order valence-electron chi connectivity index (χ0n) is 16.7. The normalized spacial score (nSPS) is 11.9. The van der Waals surface area contributed by atoms with Crippen molar-refractivity contribution >= 4 is 49.8 Å². The summed E-state index contributed by atoms with van der Waals surface area (Å²) in [4.78, 5) is 54.6. The maximum absolute atomic E-state index is 12.7. The van der Waals surface area contributed by atoms with Crippen molar-refractivity contribution in [2.45, 2.75) is 13.5 Å². The van der Waals surface area contributed by atoms with E-state index in [9.17, 15) is 27.9 Å². The van der Waals surface area contributed by atoms with Gasteiger partial charge in [-0.15, -0.1) is 0 Å². The standard InChI is InChI=1S/C18H19N5O7S2/c1-11-8-22(17(28)20-16(11)27)9-14(24)21(10-15(25)26)6-7-23(32(29)30)18-19-12-4-2-3-5-13(12)31-18/h2-5,8H,6-7,9-10H2,1H3,(H,25,26)(H,29,30)(H,20,27,28)/p-1.